The Morgan fingerprint density at radius 1 is 1.32 bits per heavy atom. The first kappa shape index (κ1) is 19.6. The van der Waals surface area contributed by atoms with Crippen molar-refractivity contribution in [2.24, 2.45) is 0 Å². The van der Waals surface area contributed by atoms with E-state index < -0.39 is 11.8 Å². The molecular weight excluding hydrogens is 397 g/mol. The van der Waals surface area contributed by atoms with Crippen LogP contribution in [0.15, 0.2) is 30.5 Å². The number of thiophene rings is 1. The Bertz CT molecular complexity index is 1020. The molecule has 28 heavy (non-hydrogen) atoms. The Morgan fingerprint density at radius 3 is 2.79 bits per heavy atom. The first-order chi connectivity index (χ1) is 13.4. The first-order valence-corrected chi connectivity index (χ1v) is 10.8. The van der Waals surface area contributed by atoms with E-state index in [0.29, 0.717) is 30.0 Å². The quantitative estimate of drug-likeness (QED) is 0.487. The van der Waals surface area contributed by atoms with Crippen molar-refractivity contribution in [2.45, 2.75) is 51.3 Å². The number of alkyl halides is 1. The van der Waals surface area contributed by atoms with E-state index in [4.69, 9.17) is 16.3 Å². The van der Waals surface area contributed by atoms with Crippen LogP contribution in [0, 0.1) is 6.92 Å². The Labute approximate surface area is 173 Å². The summed E-state index contributed by atoms with van der Waals surface area (Å²) in [5, 5.41) is 10.8. The number of halogens is 2. The Hall–Kier alpha value is -1.69. The van der Waals surface area contributed by atoms with Crippen LogP contribution in [0.25, 0.3) is 21.3 Å². The average molecular weight is 420 g/mol. The minimum atomic E-state index is -1.22. The van der Waals surface area contributed by atoms with Crippen LogP contribution in [-0.2, 0) is 0 Å². The summed E-state index contributed by atoms with van der Waals surface area (Å²) in [5.74, 6) is 0.659. The van der Waals surface area contributed by atoms with Gasteiger partial charge < -0.3 is 9.84 Å². The van der Waals surface area contributed by atoms with Gasteiger partial charge in [-0.2, -0.15) is 0 Å². The number of hydrogen-bond acceptors (Lipinski definition) is 4. The zero-order chi connectivity index (χ0) is 19.9. The van der Waals surface area contributed by atoms with Gasteiger partial charge in [0.15, 0.2) is 0 Å². The highest BCUT2D eigenvalue weighted by Crippen LogP contribution is 2.43. The SMILES string of the molecule is CCC(O)c1cc2nccc(-c3cc(Cl)cc(C)c3OCC3(F)CCC3)c2s1. The van der Waals surface area contributed by atoms with Gasteiger partial charge in [0, 0.05) is 27.2 Å². The minimum Gasteiger partial charge on any atom is -0.489 e. The van der Waals surface area contributed by atoms with E-state index in [1.165, 1.54) is 11.3 Å². The van der Waals surface area contributed by atoms with E-state index in [9.17, 15) is 9.50 Å². The lowest BCUT2D eigenvalue weighted by atomic mass is 9.83. The molecule has 3 nitrogen and oxygen atoms in total. The monoisotopic (exact) mass is 419 g/mol. The van der Waals surface area contributed by atoms with Gasteiger partial charge >= 0.3 is 0 Å². The highest BCUT2D eigenvalue weighted by molar-refractivity contribution is 7.19. The molecule has 0 radical (unpaired) electrons. The molecule has 2 heterocycles. The fourth-order valence-corrected chi connectivity index (χ4v) is 5.05. The number of aliphatic hydroxyl groups excluding tert-OH is 1. The van der Waals surface area contributed by atoms with Gasteiger partial charge in [0.1, 0.15) is 18.0 Å². The fourth-order valence-electron chi connectivity index (χ4n) is 3.56. The van der Waals surface area contributed by atoms with Crippen molar-refractivity contribution in [3.63, 3.8) is 0 Å². The van der Waals surface area contributed by atoms with Crippen LogP contribution in [0.4, 0.5) is 4.39 Å². The number of aliphatic hydroxyl groups is 1. The molecule has 1 atom stereocenters. The molecule has 1 aliphatic rings. The standard InChI is InChI=1S/C22H23ClFNO2S/c1-3-18(26)19-11-17-21(28-19)15(5-8-25-17)16-10-14(23)9-13(2)20(16)27-12-22(24)6-4-7-22/h5,8-11,18,26H,3-4,6-7,12H2,1-2H3. The second-order valence-electron chi connectivity index (χ2n) is 7.54. The molecule has 6 heteroatoms. The molecule has 0 bridgehead atoms. The van der Waals surface area contributed by atoms with Crippen LogP contribution in [0.3, 0.4) is 0 Å². The number of aromatic nitrogens is 1. The van der Waals surface area contributed by atoms with E-state index in [1.807, 2.05) is 38.1 Å². The van der Waals surface area contributed by atoms with E-state index in [1.54, 1.807) is 6.20 Å². The van der Waals surface area contributed by atoms with E-state index in [0.717, 1.165) is 38.2 Å². The fraction of sp³-hybridized carbons (Fsp3) is 0.409. The zero-order valence-electron chi connectivity index (χ0n) is 16.0. The van der Waals surface area contributed by atoms with Crippen LogP contribution >= 0.6 is 22.9 Å². The maximum atomic E-state index is 14.5. The molecule has 1 unspecified atom stereocenters. The van der Waals surface area contributed by atoms with Crippen LogP contribution in [-0.4, -0.2) is 22.4 Å². The summed E-state index contributed by atoms with van der Waals surface area (Å²) in [6.07, 6.45) is 3.90. The Morgan fingerprint density at radius 2 is 2.11 bits per heavy atom. The molecule has 0 amide bonds. The van der Waals surface area contributed by atoms with Crippen molar-refractivity contribution in [3.8, 4) is 16.9 Å². The summed E-state index contributed by atoms with van der Waals surface area (Å²) >= 11 is 7.87. The number of hydrogen-bond donors (Lipinski definition) is 1. The number of benzene rings is 1. The molecule has 4 rings (SSSR count). The molecule has 3 aromatic rings. The van der Waals surface area contributed by atoms with Gasteiger partial charge in [0.25, 0.3) is 0 Å². The lowest BCUT2D eigenvalue weighted by Crippen LogP contribution is -2.38. The molecule has 1 aliphatic carbocycles. The van der Waals surface area contributed by atoms with Crippen molar-refractivity contribution < 1.29 is 14.2 Å². The van der Waals surface area contributed by atoms with Crippen molar-refractivity contribution in [1.29, 1.82) is 0 Å². The molecule has 1 saturated carbocycles. The van der Waals surface area contributed by atoms with Gasteiger partial charge in [-0.05, 0) is 62.4 Å². The molecule has 0 saturated heterocycles. The van der Waals surface area contributed by atoms with Crippen LogP contribution in [0.2, 0.25) is 5.02 Å². The van der Waals surface area contributed by atoms with E-state index in [-0.39, 0.29) is 6.61 Å². The smallest absolute Gasteiger partial charge is 0.144 e. The largest absolute Gasteiger partial charge is 0.489 e. The molecule has 1 fully saturated rings. The van der Waals surface area contributed by atoms with Crippen molar-refractivity contribution >= 4 is 33.2 Å². The van der Waals surface area contributed by atoms with Gasteiger partial charge in [0.2, 0.25) is 0 Å². The third-order valence-corrected chi connectivity index (χ3v) is 6.88. The molecule has 148 valence electrons. The molecule has 2 aromatic heterocycles. The summed E-state index contributed by atoms with van der Waals surface area (Å²) in [6.45, 7) is 3.93. The number of pyridine rings is 1. The van der Waals surface area contributed by atoms with Crippen molar-refractivity contribution in [2.75, 3.05) is 6.61 Å². The summed E-state index contributed by atoms with van der Waals surface area (Å²) in [6, 6.07) is 7.55. The number of ether oxygens (including phenoxy) is 1. The van der Waals surface area contributed by atoms with Crippen molar-refractivity contribution in [1.82, 2.24) is 4.98 Å². The van der Waals surface area contributed by atoms with Crippen LogP contribution < -0.4 is 4.74 Å². The number of fused-ring (bicyclic) bond motifs is 1. The second-order valence-corrected chi connectivity index (χ2v) is 9.06. The molecule has 0 aliphatic heterocycles. The van der Waals surface area contributed by atoms with Gasteiger partial charge in [-0.15, -0.1) is 11.3 Å². The van der Waals surface area contributed by atoms with Crippen molar-refractivity contribution in [3.05, 3.63) is 45.9 Å². The third-order valence-electron chi connectivity index (χ3n) is 5.40. The summed E-state index contributed by atoms with van der Waals surface area (Å²) in [4.78, 5) is 5.34. The average Bonchev–Trinajstić information content (AvgIpc) is 3.09. The van der Waals surface area contributed by atoms with Crippen LogP contribution in [0.1, 0.15) is 49.2 Å². The van der Waals surface area contributed by atoms with Gasteiger partial charge in [-0.3, -0.25) is 4.98 Å². The Balaban J connectivity index is 1.80. The molecular formula is C22H23ClFNO2S. The summed E-state index contributed by atoms with van der Waals surface area (Å²) < 4.78 is 21.5. The van der Waals surface area contributed by atoms with Gasteiger partial charge in [-0.1, -0.05) is 18.5 Å². The maximum absolute atomic E-state index is 14.5. The third kappa shape index (κ3) is 3.63. The normalized spacial score (nSPS) is 16.8. The minimum absolute atomic E-state index is 0.0565. The molecule has 1 aromatic carbocycles. The first-order valence-electron chi connectivity index (χ1n) is 9.59. The van der Waals surface area contributed by atoms with E-state index in [2.05, 4.69) is 4.98 Å². The number of aryl methyl sites for hydroxylation is 1. The summed E-state index contributed by atoms with van der Waals surface area (Å²) in [5.41, 5.74) is 2.25. The number of nitrogens with zero attached hydrogens (tertiary/aromatic N) is 1. The lowest BCUT2D eigenvalue weighted by molar-refractivity contribution is 0.0124. The topological polar surface area (TPSA) is 42.4 Å². The highest BCUT2D eigenvalue weighted by atomic mass is 35.5. The predicted octanol–water partition coefficient (Wildman–Crippen LogP) is 6.64. The molecule has 0 spiro atoms. The Kier molecular flexibility index (Phi) is 5.34. The predicted molar refractivity (Wildman–Crippen MR) is 113 cm³/mol. The van der Waals surface area contributed by atoms with E-state index >= 15 is 0 Å². The number of rotatable bonds is 6. The zero-order valence-corrected chi connectivity index (χ0v) is 17.5. The summed E-state index contributed by atoms with van der Waals surface area (Å²) in [7, 11) is 0. The second kappa shape index (κ2) is 7.62. The van der Waals surface area contributed by atoms with Gasteiger partial charge in [0.05, 0.1) is 16.3 Å². The highest BCUT2D eigenvalue weighted by Gasteiger charge is 2.38. The van der Waals surface area contributed by atoms with Gasteiger partial charge in [-0.25, -0.2) is 4.39 Å². The van der Waals surface area contributed by atoms with Crippen LogP contribution in [0.5, 0.6) is 5.75 Å². The maximum Gasteiger partial charge on any atom is 0.144 e. The molecule has 1 N–H and O–H groups in total. The lowest BCUT2D eigenvalue weighted by Gasteiger charge is -2.33.